The summed E-state index contributed by atoms with van der Waals surface area (Å²) in [6, 6.07) is 0. The van der Waals surface area contributed by atoms with Crippen LogP contribution in [0.5, 0.6) is 0 Å². The van der Waals surface area contributed by atoms with Crippen LogP contribution in [0.3, 0.4) is 0 Å². The van der Waals surface area contributed by atoms with Crippen molar-refractivity contribution in [2.75, 3.05) is 19.7 Å². The van der Waals surface area contributed by atoms with Crippen LogP contribution >= 0.6 is 0 Å². The van der Waals surface area contributed by atoms with Gasteiger partial charge in [0.1, 0.15) is 0 Å². The van der Waals surface area contributed by atoms with Crippen LogP contribution in [0.25, 0.3) is 0 Å². The summed E-state index contributed by atoms with van der Waals surface area (Å²) in [7, 11) is 0. The summed E-state index contributed by atoms with van der Waals surface area (Å²) >= 11 is 0. The third kappa shape index (κ3) is 3.15. The van der Waals surface area contributed by atoms with Crippen LogP contribution in [-0.4, -0.2) is 43.2 Å². The Labute approximate surface area is 88.7 Å². The molecule has 86 valence electrons. The molecule has 0 amide bonds. The predicted octanol–water partition coefficient (Wildman–Crippen LogP) is 0.202. The first-order chi connectivity index (χ1) is 7.24. The number of nitrogens with one attached hydrogen (secondary N) is 1. The Morgan fingerprint density at radius 2 is 2.40 bits per heavy atom. The second-order valence-corrected chi connectivity index (χ2v) is 4.21. The molecule has 0 spiro atoms. The predicted molar refractivity (Wildman–Crippen MR) is 52.5 cm³/mol. The molecule has 2 saturated heterocycles. The second-order valence-electron chi connectivity index (χ2n) is 4.21. The zero-order valence-corrected chi connectivity index (χ0v) is 8.65. The van der Waals surface area contributed by atoms with E-state index in [1.54, 1.807) is 0 Å². The largest absolute Gasteiger partial charge is 0.481 e. The zero-order valence-electron chi connectivity index (χ0n) is 8.65. The SMILES string of the molecule is O=C(O)CC1COC(CC2CCNC2)O1. The average Bonchev–Trinajstić information content (AvgIpc) is 2.77. The lowest BCUT2D eigenvalue weighted by molar-refractivity contribution is -0.140. The van der Waals surface area contributed by atoms with Gasteiger partial charge in [-0.1, -0.05) is 0 Å². The fourth-order valence-corrected chi connectivity index (χ4v) is 2.12. The van der Waals surface area contributed by atoms with Gasteiger partial charge in [0.15, 0.2) is 6.29 Å². The number of aliphatic carboxylic acids is 1. The van der Waals surface area contributed by atoms with E-state index in [0.29, 0.717) is 12.5 Å². The Hall–Kier alpha value is -0.650. The van der Waals surface area contributed by atoms with Gasteiger partial charge < -0.3 is 19.9 Å². The standard InChI is InChI=1S/C10H17NO4/c12-9(13)4-8-6-14-10(15-8)3-7-1-2-11-5-7/h7-8,10-11H,1-6H2,(H,12,13). The van der Waals surface area contributed by atoms with Gasteiger partial charge in [0, 0.05) is 6.42 Å². The molecule has 5 nitrogen and oxygen atoms in total. The maximum atomic E-state index is 10.5. The molecule has 0 bridgehead atoms. The first-order valence-corrected chi connectivity index (χ1v) is 5.43. The third-order valence-electron chi connectivity index (χ3n) is 2.90. The molecule has 0 aromatic rings. The molecule has 3 unspecified atom stereocenters. The summed E-state index contributed by atoms with van der Waals surface area (Å²) in [6.07, 6.45) is 1.62. The molecule has 0 saturated carbocycles. The Kier molecular flexibility index (Phi) is 3.56. The van der Waals surface area contributed by atoms with Crippen LogP contribution in [0.4, 0.5) is 0 Å². The summed E-state index contributed by atoms with van der Waals surface area (Å²) in [5.41, 5.74) is 0. The normalized spacial score (nSPS) is 35.9. The van der Waals surface area contributed by atoms with Gasteiger partial charge in [-0.05, 0) is 25.4 Å². The van der Waals surface area contributed by atoms with E-state index in [1.165, 1.54) is 0 Å². The fraction of sp³-hybridized carbons (Fsp3) is 0.900. The van der Waals surface area contributed by atoms with E-state index in [-0.39, 0.29) is 18.8 Å². The molecule has 0 radical (unpaired) electrons. The molecule has 5 heteroatoms. The summed E-state index contributed by atoms with van der Waals surface area (Å²) in [5.74, 6) is -0.217. The quantitative estimate of drug-likeness (QED) is 0.701. The molecule has 2 aliphatic heterocycles. The molecule has 2 aliphatic rings. The van der Waals surface area contributed by atoms with Gasteiger partial charge in [-0.15, -0.1) is 0 Å². The van der Waals surface area contributed by atoms with Crippen molar-refractivity contribution < 1.29 is 19.4 Å². The molecular weight excluding hydrogens is 198 g/mol. The maximum absolute atomic E-state index is 10.5. The van der Waals surface area contributed by atoms with E-state index in [4.69, 9.17) is 14.6 Å². The molecule has 2 N–H and O–H groups in total. The summed E-state index contributed by atoms with van der Waals surface area (Å²) in [6.45, 7) is 2.50. The molecule has 0 aromatic carbocycles. The van der Waals surface area contributed by atoms with E-state index < -0.39 is 5.97 Å². The minimum Gasteiger partial charge on any atom is -0.481 e. The third-order valence-corrected chi connectivity index (χ3v) is 2.90. The van der Waals surface area contributed by atoms with Crippen molar-refractivity contribution in [3.8, 4) is 0 Å². The lowest BCUT2D eigenvalue weighted by Crippen LogP contribution is -2.19. The van der Waals surface area contributed by atoms with Gasteiger partial charge in [-0.3, -0.25) is 4.79 Å². The highest BCUT2D eigenvalue weighted by atomic mass is 16.7. The molecule has 0 aliphatic carbocycles. The first kappa shape index (κ1) is 10.9. The summed E-state index contributed by atoms with van der Waals surface area (Å²) in [5, 5.41) is 11.9. The van der Waals surface area contributed by atoms with Gasteiger partial charge in [0.25, 0.3) is 0 Å². The first-order valence-electron chi connectivity index (χ1n) is 5.43. The number of hydrogen-bond donors (Lipinski definition) is 2. The number of ether oxygens (including phenoxy) is 2. The van der Waals surface area contributed by atoms with Crippen molar-refractivity contribution in [2.45, 2.75) is 31.7 Å². The van der Waals surface area contributed by atoms with Crippen molar-refractivity contribution in [1.29, 1.82) is 0 Å². The molecule has 2 fully saturated rings. The molecular formula is C10H17NO4. The number of hydrogen-bond acceptors (Lipinski definition) is 4. The number of carboxylic acid groups (broad SMARTS) is 1. The van der Waals surface area contributed by atoms with Crippen molar-refractivity contribution in [3.05, 3.63) is 0 Å². The summed E-state index contributed by atoms with van der Waals surface area (Å²) < 4.78 is 10.9. The monoisotopic (exact) mass is 215 g/mol. The number of rotatable bonds is 4. The Morgan fingerprint density at radius 1 is 1.53 bits per heavy atom. The van der Waals surface area contributed by atoms with E-state index in [9.17, 15) is 4.79 Å². The maximum Gasteiger partial charge on any atom is 0.306 e. The second kappa shape index (κ2) is 4.92. The minimum atomic E-state index is -0.827. The Bertz CT molecular complexity index is 227. The van der Waals surface area contributed by atoms with Crippen molar-refractivity contribution in [2.24, 2.45) is 5.92 Å². The highest BCUT2D eigenvalue weighted by Gasteiger charge is 2.30. The van der Waals surface area contributed by atoms with Gasteiger partial charge in [-0.2, -0.15) is 0 Å². The van der Waals surface area contributed by atoms with Crippen LogP contribution in [-0.2, 0) is 14.3 Å². The van der Waals surface area contributed by atoms with Gasteiger partial charge in [-0.25, -0.2) is 0 Å². The van der Waals surface area contributed by atoms with Crippen LogP contribution in [0.15, 0.2) is 0 Å². The van der Waals surface area contributed by atoms with E-state index in [1.807, 2.05) is 0 Å². The average molecular weight is 215 g/mol. The fourth-order valence-electron chi connectivity index (χ4n) is 2.12. The molecule has 2 heterocycles. The van der Waals surface area contributed by atoms with Crippen molar-refractivity contribution in [3.63, 3.8) is 0 Å². The highest BCUT2D eigenvalue weighted by molar-refractivity contribution is 5.67. The molecule has 2 rings (SSSR count). The lowest BCUT2D eigenvalue weighted by Gasteiger charge is -2.14. The van der Waals surface area contributed by atoms with Gasteiger partial charge >= 0.3 is 5.97 Å². The van der Waals surface area contributed by atoms with Crippen molar-refractivity contribution in [1.82, 2.24) is 5.32 Å². The van der Waals surface area contributed by atoms with E-state index in [0.717, 1.165) is 25.9 Å². The molecule has 3 atom stereocenters. The zero-order chi connectivity index (χ0) is 10.7. The Morgan fingerprint density at radius 3 is 3.07 bits per heavy atom. The van der Waals surface area contributed by atoms with Crippen LogP contribution < -0.4 is 5.32 Å². The number of carbonyl (C=O) groups is 1. The molecule has 0 aromatic heterocycles. The van der Waals surface area contributed by atoms with Crippen LogP contribution in [0.2, 0.25) is 0 Å². The topological polar surface area (TPSA) is 67.8 Å². The number of carboxylic acids is 1. The summed E-state index contributed by atoms with van der Waals surface area (Å²) in [4.78, 5) is 10.5. The Balaban J connectivity index is 1.70. The van der Waals surface area contributed by atoms with Crippen molar-refractivity contribution >= 4 is 5.97 Å². The smallest absolute Gasteiger partial charge is 0.306 e. The van der Waals surface area contributed by atoms with Gasteiger partial charge in [0.2, 0.25) is 0 Å². The van der Waals surface area contributed by atoms with E-state index in [2.05, 4.69) is 5.32 Å². The minimum absolute atomic E-state index is 0.0411. The lowest BCUT2D eigenvalue weighted by atomic mass is 10.1. The highest BCUT2D eigenvalue weighted by Crippen LogP contribution is 2.23. The van der Waals surface area contributed by atoms with E-state index >= 15 is 0 Å². The molecule has 15 heavy (non-hydrogen) atoms. The van der Waals surface area contributed by atoms with Crippen LogP contribution in [0.1, 0.15) is 19.3 Å². The van der Waals surface area contributed by atoms with Crippen LogP contribution in [0, 0.1) is 5.92 Å². The van der Waals surface area contributed by atoms with Gasteiger partial charge in [0.05, 0.1) is 19.1 Å².